The van der Waals surface area contributed by atoms with Crippen molar-refractivity contribution in [2.45, 2.75) is 89.5 Å². The van der Waals surface area contributed by atoms with Gasteiger partial charge in [-0.05, 0) is 77.0 Å². The number of aryl methyl sites for hydroxylation is 1. The fourth-order valence-electron chi connectivity index (χ4n) is 4.11. The van der Waals surface area contributed by atoms with E-state index in [4.69, 9.17) is 0 Å². The first-order chi connectivity index (χ1) is 13.9. The number of rotatable bonds is 1. The summed E-state index contributed by atoms with van der Waals surface area (Å²) in [5.74, 6) is 0. The molecule has 1 unspecified atom stereocenters. The lowest BCUT2D eigenvalue weighted by molar-refractivity contribution is 0.167. The van der Waals surface area contributed by atoms with Crippen LogP contribution in [0.3, 0.4) is 0 Å². The average molecular weight is 387 g/mol. The predicted octanol–water partition coefficient (Wildman–Crippen LogP) is 5.80. The molecule has 2 aliphatic rings. The smallest absolute Gasteiger partial charge is 0.0943 e. The maximum absolute atomic E-state index is 4.57. The molecule has 0 radical (unpaired) electrons. The lowest BCUT2D eigenvalue weighted by Crippen LogP contribution is -2.37. The third-order valence-corrected chi connectivity index (χ3v) is 5.78. The molecule has 158 valence electrons. The third-order valence-electron chi connectivity index (χ3n) is 5.78. The predicted molar refractivity (Wildman–Crippen MR) is 121 cm³/mol. The Balaban J connectivity index is 0.000000397. The molecule has 0 amide bonds. The standard InChI is InChI=1S/C20H36N2.C4H6N2/c1-2-4-6-10-15-20(14-9-5-3-1)22-18-12-8-7-11-16-21-17-13-19-22;1-6-3-2-5-4-6/h1,3,16,20H,2,4-15,17-19H2;2-4H,1H3. The summed E-state index contributed by atoms with van der Waals surface area (Å²) in [5, 5.41) is 0. The summed E-state index contributed by atoms with van der Waals surface area (Å²) in [7, 11) is 1.94. The number of hydrogen-bond donors (Lipinski definition) is 0. The van der Waals surface area contributed by atoms with Crippen LogP contribution in [0.5, 0.6) is 0 Å². The highest BCUT2D eigenvalue weighted by Crippen LogP contribution is 2.20. The Labute approximate surface area is 173 Å². The van der Waals surface area contributed by atoms with Crippen LogP contribution in [0.2, 0.25) is 0 Å². The molecule has 3 rings (SSSR count). The van der Waals surface area contributed by atoms with Gasteiger partial charge in [0, 0.05) is 38.6 Å². The zero-order chi connectivity index (χ0) is 19.7. The first-order valence-electron chi connectivity index (χ1n) is 11.7. The van der Waals surface area contributed by atoms with Crippen molar-refractivity contribution in [1.82, 2.24) is 14.5 Å². The van der Waals surface area contributed by atoms with Crippen LogP contribution >= 0.6 is 0 Å². The van der Waals surface area contributed by atoms with Crippen molar-refractivity contribution >= 4 is 6.21 Å². The highest BCUT2D eigenvalue weighted by molar-refractivity contribution is 5.56. The van der Waals surface area contributed by atoms with Gasteiger partial charge in [0.05, 0.1) is 6.33 Å². The first-order valence-corrected chi connectivity index (χ1v) is 11.7. The van der Waals surface area contributed by atoms with Crippen molar-refractivity contribution < 1.29 is 0 Å². The molecule has 0 N–H and O–H groups in total. The molecule has 1 aromatic rings. The summed E-state index contributed by atoms with van der Waals surface area (Å²) in [4.78, 5) is 11.2. The molecule has 4 heteroatoms. The maximum Gasteiger partial charge on any atom is 0.0943 e. The van der Waals surface area contributed by atoms with Crippen molar-refractivity contribution in [3.05, 3.63) is 30.9 Å². The SMILES string of the molecule is C1=CCCCC(N2CCCCCC=NCCC2)CCCCC1.Cn1ccnc1. The van der Waals surface area contributed by atoms with E-state index in [2.05, 4.69) is 33.2 Å². The van der Waals surface area contributed by atoms with Crippen molar-refractivity contribution in [1.29, 1.82) is 0 Å². The summed E-state index contributed by atoms with van der Waals surface area (Å²) in [5.41, 5.74) is 0. The molecule has 1 aliphatic heterocycles. The van der Waals surface area contributed by atoms with Crippen LogP contribution in [0, 0.1) is 0 Å². The summed E-state index contributed by atoms with van der Waals surface area (Å²) in [6.45, 7) is 3.62. The molecule has 4 nitrogen and oxygen atoms in total. The number of hydrogen-bond acceptors (Lipinski definition) is 3. The molecule has 1 aliphatic carbocycles. The summed E-state index contributed by atoms with van der Waals surface area (Å²) >= 11 is 0. The zero-order valence-electron chi connectivity index (χ0n) is 18.1. The highest BCUT2D eigenvalue weighted by Gasteiger charge is 2.17. The minimum Gasteiger partial charge on any atom is -0.341 e. The van der Waals surface area contributed by atoms with Crippen LogP contribution < -0.4 is 0 Å². The molecular formula is C24H42N4. The van der Waals surface area contributed by atoms with E-state index in [0.29, 0.717) is 0 Å². The second-order valence-corrected chi connectivity index (χ2v) is 8.25. The van der Waals surface area contributed by atoms with Gasteiger partial charge in [-0.3, -0.25) is 4.99 Å². The van der Waals surface area contributed by atoms with Crippen molar-refractivity contribution in [2.75, 3.05) is 19.6 Å². The number of allylic oxidation sites excluding steroid dienone is 2. The molecule has 0 aromatic carbocycles. The molecule has 1 aromatic heterocycles. The van der Waals surface area contributed by atoms with E-state index in [-0.39, 0.29) is 0 Å². The van der Waals surface area contributed by atoms with Gasteiger partial charge in [-0.2, -0.15) is 0 Å². The van der Waals surface area contributed by atoms with Gasteiger partial charge in [0.1, 0.15) is 0 Å². The summed E-state index contributed by atoms with van der Waals surface area (Å²) in [6, 6.07) is 0.830. The zero-order valence-corrected chi connectivity index (χ0v) is 18.1. The van der Waals surface area contributed by atoms with E-state index in [1.165, 1.54) is 96.6 Å². The van der Waals surface area contributed by atoms with Crippen LogP contribution in [0.4, 0.5) is 0 Å². The van der Waals surface area contributed by atoms with E-state index in [0.717, 1.165) is 12.6 Å². The van der Waals surface area contributed by atoms with Gasteiger partial charge in [-0.1, -0.05) is 31.4 Å². The Hall–Kier alpha value is -1.42. The summed E-state index contributed by atoms with van der Waals surface area (Å²) in [6.07, 6.45) is 29.9. The van der Waals surface area contributed by atoms with Crippen LogP contribution in [-0.4, -0.2) is 46.3 Å². The van der Waals surface area contributed by atoms with Gasteiger partial charge < -0.3 is 9.47 Å². The molecule has 1 atom stereocenters. The average Bonchev–Trinajstić information content (AvgIpc) is 3.13. The van der Waals surface area contributed by atoms with Crippen LogP contribution in [-0.2, 0) is 7.05 Å². The Morgan fingerprint density at radius 2 is 1.54 bits per heavy atom. The lowest BCUT2D eigenvalue weighted by Gasteiger charge is -2.32. The minimum atomic E-state index is 0.830. The van der Waals surface area contributed by atoms with E-state index < -0.39 is 0 Å². The van der Waals surface area contributed by atoms with Crippen LogP contribution in [0.15, 0.2) is 35.9 Å². The van der Waals surface area contributed by atoms with Gasteiger partial charge in [-0.25, -0.2) is 4.98 Å². The second-order valence-electron chi connectivity index (χ2n) is 8.25. The van der Waals surface area contributed by atoms with Crippen LogP contribution in [0.1, 0.15) is 83.5 Å². The maximum atomic E-state index is 4.57. The van der Waals surface area contributed by atoms with Gasteiger partial charge in [0.2, 0.25) is 0 Å². The van der Waals surface area contributed by atoms with Gasteiger partial charge in [0.15, 0.2) is 0 Å². The number of nitrogens with zero attached hydrogens (tertiary/aromatic N) is 4. The Morgan fingerprint density at radius 1 is 0.786 bits per heavy atom. The molecule has 0 fully saturated rings. The fourth-order valence-corrected chi connectivity index (χ4v) is 4.11. The van der Waals surface area contributed by atoms with Crippen molar-refractivity contribution in [3.63, 3.8) is 0 Å². The van der Waals surface area contributed by atoms with Gasteiger partial charge >= 0.3 is 0 Å². The Morgan fingerprint density at radius 3 is 2.32 bits per heavy atom. The molecule has 28 heavy (non-hydrogen) atoms. The quantitative estimate of drug-likeness (QED) is 0.571. The largest absolute Gasteiger partial charge is 0.341 e. The van der Waals surface area contributed by atoms with Crippen LogP contribution in [0.25, 0.3) is 0 Å². The van der Waals surface area contributed by atoms with Gasteiger partial charge in [-0.15, -0.1) is 0 Å². The van der Waals surface area contributed by atoms with Crippen molar-refractivity contribution in [2.24, 2.45) is 12.0 Å². The lowest BCUT2D eigenvalue weighted by atomic mass is 10.00. The molecule has 0 saturated carbocycles. The fraction of sp³-hybridized carbons (Fsp3) is 0.750. The molecule has 0 saturated heterocycles. The first kappa shape index (κ1) is 22.9. The number of imidazole rings is 1. The number of aromatic nitrogens is 2. The number of aliphatic imine (C=N–C) groups is 1. The van der Waals surface area contributed by atoms with Gasteiger partial charge in [0.25, 0.3) is 0 Å². The summed E-state index contributed by atoms with van der Waals surface area (Å²) < 4.78 is 1.89. The van der Waals surface area contributed by atoms with E-state index in [1.54, 1.807) is 12.5 Å². The molecular weight excluding hydrogens is 344 g/mol. The topological polar surface area (TPSA) is 33.4 Å². The minimum absolute atomic E-state index is 0.830. The third kappa shape index (κ3) is 10.8. The Kier molecular flexibility index (Phi) is 12.7. The van der Waals surface area contributed by atoms with E-state index in [1.807, 2.05) is 17.8 Å². The molecule has 2 heterocycles. The Bertz CT molecular complexity index is 489. The van der Waals surface area contributed by atoms with E-state index >= 15 is 0 Å². The molecule has 0 bridgehead atoms. The second kappa shape index (κ2) is 15.5. The molecule has 0 spiro atoms. The van der Waals surface area contributed by atoms with E-state index in [9.17, 15) is 0 Å². The monoisotopic (exact) mass is 386 g/mol. The highest BCUT2D eigenvalue weighted by atomic mass is 15.1. The normalized spacial score (nSPS) is 23.7. The van der Waals surface area contributed by atoms with Crippen molar-refractivity contribution in [3.8, 4) is 0 Å².